The lowest BCUT2D eigenvalue weighted by Gasteiger charge is -2.41. The van der Waals surface area contributed by atoms with E-state index in [1.165, 1.54) is 30.5 Å². The molecule has 0 aliphatic carbocycles. The second-order valence-electron chi connectivity index (χ2n) is 6.84. The Labute approximate surface area is 175 Å². The molecular formula is C21H16F4N2O3S. The molecule has 1 aromatic heterocycles. The summed E-state index contributed by atoms with van der Waals surface area (Å²) < 4.78 is 85.9. The van der Waals surface area contributed by atoms with Gasteiger partial charge in [-0.05, 0) is 42.5 Å². The third-order valence-corrected chi connectivity index (χ3v) is 6.70. The number of hydrogen-bond acceptors (Lipinski definition) is 5. The van der Waals surface area contributed by atoms with E-state index in [0.29, 0.717) is 0 Å². The summed E-state index contributed by atoms with van der Waals surface area (Å²) in [4.78, 5) is 3.98. The van der Waals surface area contributed by atoms with Crippen LogP contribution in [0.2, 0.25) is 0 Å². The van der Waals surface area contributed by atoms with Crippen molar-refractivity contribution in [1.29, 1.82) is 0 Å². The molecule has 1 atom stereocenters. The van der Waals surface area contributed by atoms with E-state index in [2.05, 4.69) is 10.3 Å². The monoisotopic (exact) mass is 452 g/mol. The van der Waals surface area contributed by atoms with Gasteiger partial charge in [-0.2, -0.15) is 0 Å². The van der Waals surface area contributed by atoms with Crippen LogP contribution >= 0.6 is 0 Å². The van der Waals surface area contributed by atoms with Crippen LogP contribution in [0.25, 0.3) is 0 Å². The molecule has 31 heavy (non-hydrogen) atoms. The Morgan fingerprint density at radius 1 is 0.903 bits per heavy atom. The maximum absolute atomic E-state index is 13.7. The zero-order chi connectivity index (χ0) is 22.2. The molecule has 0 spiro atoms. The lowest BCUT2D eigenvalue weighted by molar-refractivity contribution is -0.188. The summed E-state index contributed by atoms with van der Waals surface area (Å²) in [7, 11) is -3.94. The third kappa shape index (κ3) is 3.66. The average molecular weight is 452 g/mol. The Balaban J connectivity index is 1.88. The van der Waals surface area contributed by atoms with Gasteiger partial charge in [-0.1, -0.05) is 24.3 Å². The van der Waals surface area contributed by atoms with Gasteiger partial charge in [-0.25, -0.2) is 26.0 Å². The molecule has 0 bridgehead atoms. The first-order chi connectivity index (χ1) is 14.8. The number of benzene rings is 2. The maximum atomic E-state index is 13.7. The topological polar surface area (TPSA) is 68.3 Å². The highest BCUT2D eigenvalue weighted by Crippen LogP contribution is 2.42. The van der Waals surface area contributed by atoms with Gasteiger partial charge in [0.15, 0.2) is 0 Å². The van der Waals surface area contributed by atoms with Crippen LogP contribution in [0.4, 0.5) is 17.6 Å². The quantitative estimate of drug-likeness (QED) is 0.588. The third-order valence-electron chi connectivity index (χ3n) is 4.94. The van der Waals surface area contributed by atoms with Crippen LogP contribution in [-0.2, 0) is 9.84 Å². The van der Waals surface area contributed by atoms with Crippen molar-refractivity contribution in [3.05, 3.63) is 84.2 Å². The van der Waals surface area contributed by atoms with Gasteiger partial charge in [0, 0.05) is 11.8 Å². The summed E-state index contributed by atoms with van der Waals surface area (Å²) in [5.41, 5.74) is -3.01. The van der Waals surface area contributed by atoms with E-state index in [1.54, 1.807) is 30.3 Å². The number of alkyl halides is 4. The molecule has 0 radical (unpaired) electrons. The number of nitrogens with one attached hydrogen (secondary N) is 1. The first-order valence-corrected chi connectivity index (χ1v) is 10.6. The first kappa shape index (κ1) is 21.3. The minimum atomic E-state index is -3.94. The van der Waals surface area contributed by atoms with Crippen LogP contribution in [0.3, 0.4) is 0 Å². The van der Waals surface area contributed by atoms with E-state index in [0.717, 1.165) is 12.1 Å². The van der Waals surface area contributed by atoms with Crippen molar-refractivity contribution in [2.75, 3.05) is 0 Å². The molecule has 3 aromatic rings. The molecule has 2 aromatic carbocycles. The van der Waals surface area contributed by atoms with Gasteiger partial charge in [-0.3, -0.25) is 10.3 Å². The predicted molar refractivity (Wildman–Crippen MR) is 103 cm³/mol. The number of sulfone groups is 1. The number of rotatable bonds is 5. The van der Waals surface area contributed by atoms with Gasteiger partial charge in [0.25, 0.3) is 18.6 Å². The van der Waals surface area contributed by atoms with Crippen molar-refractivity contribution < 1.29 is 30.7 Å². The van der Waals surface area contributed by atoms with Crippen LogP contribution in [0.5, 0.6) is 5.75 Å². The summed E-state index contributed by atoms with van der Waals surface area (Å²) in [5, 5.41) is 2.18. The highest BCUT2D eigenvalue weighted by Gasteiger charge is 2.56. The smallest absolute Gasteiger partial charge is 0.297 e. The Morgan fingerprint density at radius 3 is 2.19 bits per heavy atom. The zero-order valence-electron chi connectivity index (χ0n) is 15.8. The Morgan fingerprint density at radius 2 is 1.58 bits per heavy atom. The molecule has 10 heteroatoms. The van der Waals surface area contributed by atoms with Gasteiger partial charge in [0.05, 0.1) is 21.5 Å². The van der Waals surface area contributed by atoms with E-state index in [4.69, 9.17) is 4.74 Å². The number of fused-ring (bicyclic) bond motifs is 1. The van der Waals surface area contributed by atoms with Crippen LogP contribution in [0.1, 0.15) is 17.3 Å². The minimum absolute atomic E-state index is 0.0310. The van der Waals surface area contributed by atoms with Gasteiger partial charge >= 0.3 is 0 Å². The molecule has 0 saturated carbocycles. The molecule has 5 nitrogen and oxygen atoms in total. The fourth-order valence-electron chi connectivity index (χ4n) is 3.35. The number of pyridine rings is 1. The van der Waals surface area contributed by atoms with E-state index < -0.39 is 34.5 Å². The first-order valence-electron chi connectivity index (χ1n) is 9.14. The number of aromatic nitrogens is 1. The zero-order valence-corrected chi connectivity index (χ0v) is 16.6. The fourth-order valence-corrected chi connectivity index (χ4v) is 4.67. The van der Waals surface area contributed by atoms with Gasteiger partial charge < -0.3 is 4.74 Å². The summed E-state index contributed by atoms with van der Waals surface area (Å²) in [5.74, 6) is -0.276. The van der Waals surface area contributed by atoms with Crippen molar-refractivity contribution in [3.8, 4) is 5.75 Å². The molecular weight excluding hydrogens is 436 g/mol. The Bertz CT molecular complexity index is 1170. The molecule has 1 aliphatic heterocycles. The molecule has 162 valence electrons. The molecule has 0 amide bonds. The molecule has 1 N–H and O–H groups in total. The van der Waals surface area contributed by atoms with Crippen molar-refractivity contribution >= 4 is 9.84 Å². The SMILES string of the molecule is O=S(=O)(c1ccccc1)c1ccc2c(c1)C(c1ccccn1)NC(C(F)F)(C(F)F)O2. The fraction of sp³-hybridized carbons (Fsp3) is 0.190. The summed E-state index contributed by atoms with van der Waals surface area (Å²) in [6, 6.07) is 14.5. The number of hydrogen-bond donors (Lipinski definition) is 1. The Kier molecular flexibility index (Phi) is 5.44. The molecule has 2 heterocycles. The lowest BCUT2D eigenvalue weighted by atomic mass is 9.97. The standard InChI is InChI=1S/C21H16F4N2O3S/c22-19(23)21(20(24)25)27-18(16-8-4-5-11-26-16)15-12-14(9-10-17(15)30-21)31(28,29)13-6-2-1-3-7-13/h1-12,18-20,27H. The molecule has 0 saturated heterocycles. The minimum Gasteiger partial charge on any atom is -0.460 e. The van der Waals surface area contributed by atoms with Crippen LogP contribution < -0.4 is 10.1 Å². The van der Waals surface area contributed by atoms with E-state index >= 15 is 0 Å². The van der Waals surface area contributed by atoms with Crippen molar-refractivity contribution in [2.24, 2.45) is 0 Å². The van der Waals surface area contributed by atoms with Crippen molar-refractivity contribution in [1.82, 2.24) is 10.3 Å². The molecule has 1 aliphatic rings. The predicted octanol–water partition coefficient (Wildman–Crippen LogP) is 4.21. The van der Waals surface area contributed by atoms with Crippen LogP contribution in [0.15, 0.2) is 82.7 Å². The van der Waals surface area contributed by atoms with Crippen LogP contribution in [-0.4, -0.2) is 32.0 Å². The number of nitrogens with zero attached hydrogens (tertiary/aromatic N) is 1. The molecule has 1 unspecified atom stereocenters. The summed E-state index contributed by atoms with van der Waals surface area (Å²) in [6.45, 7) is 0. The number of ether oxygens (including phenoxy) is 1. The highest BCUT2D eigenvalue weighted by atomic mass is 32.2. The van der Waals surface area contributed by atoms with Crippen molar-refractivity contribution in [2.45, 2.75) is 34.4 Å². The second-order valence-corrected chi connectivity index (χ2v) is 8.79. The maximum Gasteiger partial charge on any atom is 0.297 e. The molecule has 0 fully saturated rings. The van der Waals surface area contributed by atoms with Gasteiger partial charge in [-0.15, -0.1) is 0 Å². The largest absolute Gasteiger partial charge is 0.460 e. The summed E-state index contributed by atoms with van der Waals surface area (Å²) >= 11 is 0. The average Bonchev–Trinajstić information content (AvgIpc) is 2.78. The van der Waals surface area contributed by atoms with E-state index in [9.17, 15) is 26.0 Å². The van der Waals surface area contributed by atoms with E-state index in [1.807, 2.05) is 0 Å². The Hall–Kier alpha value is -2.98. The van der Waals surface area contributed by atoms with Gasteiger partial charge in [0.1, 0.15) is 5.75 Å². The van der Waals surface area contributed by atoms with Gasteiger partial charge in [0.2, 0.25) is 9.84 Å². The van der Waals surface area contributed by atoms with Crippen LogP contribution in [0, 0.1) is 0 Å². The second kappa shape index (κ2) is 7.93. The van der Waals surface area contributed by atoms with Crippen molar-refractivity contribution in [3.63, 3.8) is 0 Å². The van der Waals surface area contributed by atoms with E-state index in [-0.39, 0.29) is 26.8 Å². The normalized spacial score (nSPS) is 17.9. The molecule has 4 rings (SSSR count). The summed E-state index contributed by atoms with van der Waals surface area (Å²) in [6.07, 6.45) is -5.76. The highest BCUT2D eigenvalue weighted by molar-refractivity contribution is 7.91. The number of halogens is 4. The lowest BCUT2D eigenvalue weighted by Crippen LogP contribution is -2.64.